The van der Waals surface area contributed by atoms with E-state index in [2.05, 4.69) is 11.6 Å². The number of benzene rings is 2. The Morgan fingerprint density at radius 3 is 2.14 bits per heavy atom. The molecule has 1 N–H and O–H groups in total. The Labute approximate surface area is 132 Å². The quantitative estimate of drug-likeness (QED) is 0.843. The molecule has 0 aromatic heterocycles. The molecule has 0 saturated heterocycles. The van der Waals surface area contributed by atoms with Crippen molar-refractivity contribution in [2.75, 3.05) is 11.3 Å². The van der Waals surface area contributed by atoms with Gasteiger partial charge >= 0.3 is 0 Å². The van der Waals surface area contributed by atoms with Gasteiger partial charge in [0.1, 0.15) is 5.75 Å². The van der Waals surface area contributed by atoms with Crippen molar-refractivity contribution >= 4 is 15.7 Å². The molecule has 0 saturated carbocycles. The van der Waals surface area contributed by atoms with Crippen LogP contribution in [0.3, 0.4) is 0 Å². The zero-order valence-corrected chi connectivity index (χ0v) is 13.7. The standard InChI is InChI=1S/C17H21NO3S/c1-3-5-14-6-12-17(13-7-14)22(19,20)18-15-8-10-16(11-9-15)21-4-2/h6-13,18H,3-5H2,1-2H3. The average molecular weight is 319 g/mol. The Balaban J connectivity index is 2.12. The molecule has 0 fully saturated rings. The van der Waals surface area contributed by atoms with Gasteiger partial charge in [0.2, 0.25) is 0 Å². The molecule has 0 aliphatic heterocycles. The summed E-state index contributed by atoms with van der Waals surface area (Å²) in [6, 6.07) is 13.9. The van der Waals surface area contributed by atoms with Crippen molar-refractivity contribution in [3.05, 3.63) is 54.1 Å². The highest BCUT2D eigenvalue weighted by atomic mass is 32.2. The molecule has 0 amide bonds. The predicted octanol–water partition coefficient (Wildman–Crippen LogP) is 3.84. The maximum atomic E-state index is 12.3. The van der Waals surface area contributed by atoms with Crippen LogP contribution in [-0.4, -0.2) is 15.0 Å². The fraction of sp³-hybridized carbons (Fsp3) is 0.294. The smallest absolute Gasteiger partial charge is 0.261 e. The first-order chi connectivity index (χ1) is 10.5. The Morgan fingerprint density at radius 2 is 1.59 bits per heavy atom. The summed E-state index contributed by atoms with van der Waals surface area (Å²) in [5.74, 6) is 0.717. The highest BCUT2D eigenvalue weighted by Gasteiger charge is 2.13. The van der Waals surface area contributed by atoms with Gasteiger partial charge in [-0.05, 0) is 55.3 Å². The molecule has 118 valence electrons. The van der Waals surface area contributed by atoms with Crippen molar-refractivity contribution < 1.29 is 13.2 Å². The summed E-state index contributed by atoms with van der Waals surface area (Å²) < 4.78 is 32.6. The van der Waals surface area contributed by atoms with E-state index in [-0.39, 0.29) is 4.90 Å². The molecule has 2 aromatic rings. The first-order valence-corrected chi connectivity index (χ1v) is 8.88. The summed E-state index contributed by atoms with van der Waals surface area (Å²) in [7, 11) is -3.56. The second-order valence-corrected chi connectivity index (χ2v) is 6.64. The minimum Gasteiger partial charge on any atom is -0.494 e. The third-order valence-corrected chi connectivity index (χ3v) is 4.59. The number of nitrogens with one attached hydrogen (secondary N) is 1. The molecule has 2 aromatic carbocycles. The summed E-state index contributed by atoms with van der Waals surface area (Å²) in [4.78, 5) is 0.265. The molecule has 0 atom stereocenters. The van der Waals surface area contributed by atoms with Crippen LogP contribution in [0.5, 0.6) is 5.75 Å². The van der Waals surface area contributed by atoms with Gasteiger partial charge < -0.3 is 4.74 Å². The van der Waals surface area contributed by atoms with Gasteiger partial charge in [0.25, 0.3) is 10.0 Å². The Bertz CT molecular complexity index is 692. The van der Waals surface area contributed by atoms with Gasteiger partial charge in [0.15, 0.2) is 0 Å². The molecular weight excluding hydrogens is 298 g/mol. The van der Waals surface area contributed by atoms with Gasteiger partial charge in [-0.1, -0.05) is 25.5 Å². The van der Waals surface area contributed by atoms with Crippen LogP contribution in [0.2, 0.25) is 0 Å². The van der Waals surface area contributed by atoms with Crippen LogP contribution >= 0.6 is 0 Å². The molecular formula is C17H21NO3S. The number of ether oxygens (including phenoxy) is 1. The first-order valence-electron chi connectivity index (χ1n) is 7.39. The minimum absolute atomic E-state index is 0.265. The number of aryl methyl sites for hydroxylation is 1. The zero-order chi connectivity index (χ0) is 16.0. The lowest BCUT2D eigenvalue weighted by molar-refractivity contribution is 0.340. The maximum absolute atomic E-state index is 12.3. The Morgan fingerprint density at radius 1 is 0.955 bits per heavy atom. The molecule has 5 heteroatoms. The molecule has 0 unspecified atom stereocenters. The number of anilines is 1. The van der Waals surface area contributed by atoms with E-state index in [9.17, 15) is 8.42 Å². The van der Waals surface area contributed by atoms with Gasteiger partial charge in [-0.2, -0.15) is 0 Å². The first kappa shape index (κ1) is 16.4. The third kappa shape index (κ3) is 4.24. The minimum atomic E-state index is -3.56. The van der Waals surface area contributed by atoms with E-state index in [1.54, 1.807) is 36.4 Å². The van der Waals surface area contributed by atoms with Gasteiger partial charge in [-0.25, -0.2) is 8.42 Å². The second-order valence-electron chi connectivity index (χ2n) is 4.96. The third-order valence-electron chi connectivity index (χ3n) is 3.19. The average Bonchev–Trinajstić information content (AvgIpc) is 2.50. The Kier molecular flexibility index (Phi) is 5.44. The molecule has 0 aliphatic rings. The van der Waals surface area contributed by atoms with Gasteiger partial charge in [0, 0.05) is 5.69 Å². The molecule has 0 heterocycles. The lowest BCUT2D eigenvalue weighted by atomic mass is 10.1. The van der Waals surface area contributed by atoms with Crippen molar-refractivity contribution in [2.24, 2.45) is 0 Å². The maximum Gasteiger partial charge on any atom is 0.261 e. The summed E-state index contributed by atoms with van der Waals surface area (Å²) in [6.45, 7) is 4.58. The van der Waals surface area contributed by atoms with Crippen molar-refractivity contribution in [3.8, 4) is 5.75 Å². The van der Waals surface area contributed by atoms with Crippen LogP contribution in [0, 0.1) is 0 Å². The molecule has 2 rings (SSSR count). The molecule has 0 spiro atoms. The van der Waals surface area contributed by atoms with E-state index in [4.69, 9.17) is 4.74 Å². The summed E-state index contributed by atoms with van der Waals surface area (Å²) in [6.07, 6.45) is 1.99. The van der Waals surface area contributed by atoms with Crippen LogP contribution < -0.4 is 9.46 Å². The van der Waals surface area contributed by atoms with E-state index in [0.29, 0.717) is 12.3 Å². The lowest BCUT2D eigenvalue weighted by Gasteiger charge is -2.10. The number of rotatable bonds is 7. The van der Waals surface area contributed by atoms with Crippen molar-refractivity contribution in [1.82, 2.24) is 0 Å². The van der Waals surface area contributed by atoms with Gasteiger partial charge in [0.05, 0.1) is 11.5 Å². The van der Waals surface area contributed by atoms with E-state index in [0.717, 1.165) is 24.2 Å². The summed E-state index contributed by atoms with van der Waals surface area (Å²) in [5, 5.41) is 0. The van der Waals surface area contributed by atoms with Gasteiger partial charge in [-0.3, -0.25) is 4.72 Å². The topological polar surface area (TPSA) is 55.4 Å². The fourth-order valence-electron chi connectivity index (χ4n) is 2.12. The van der Waals surface area contributed by atoms with Crippen molar-refractivity contribution in [1.29, 1.82) is 0 Å². The fourth-order valence-corrected chi connectivity index (χ4v) is 3.18. The van der Waals surface area contributed by atoms with Crippen LogP contribution in [0.15, 0.2) is 53.4 Å². The molecule has 0 bridgehead atoms. The summed E-state index contributed by atoms with van der Waals surface area (Å²) >= 11 is 0. The second kappa shape index (κ2) is 7.31. The predicted molar refractivity (Wildman–Crippen MR) is 88.9 cm³/mol. The Hall–Kier alpha value is -2.01. The zero-order valence-electron chi connectivity index (χ0n) is 12.9. The molecule has 22 heavy (non-hydrogen) atoms. The van der Waals surface area contributed by atoms with Crippen LogP contribution in [0.25, 0.3) is 0 Å². The SMILES string of the molecule is CCCc1ccc(S(=O)(=O)Nc2ccc(OCC)cc2)cc1. The van der Waals surface area contributed by atoms with Crippen LogP contribution in [-0.2, 0) is 16.4 Å². The highest BCUT2D eigenvalue weighted by molar-refractivity contribution is 7.92. The van der Waals surface area contributed by atoms with Crippen molar-refractivity contribution in [2.45, 2.75) is 31.6 Å². The van der Waals surface area contributed by atoms with E-state index < -0.39 is 10.0 Å². The van der Waals surface area contributed by atoms with Gasteiger partial charge in [-0.15, -0.1) is 0 Å². The summed E-state index contributed by atoms with van der Waals surface area (Å²) in [5.41, 5.74) is 1.66. The number of hydrogen-bond donors (Lipinski definition) is 1. The van der Waals surface area contributed by atoms with Crippen LogP contribution in [0.4, 0.5) is 5.69 Å². The molecule has 4 nitrogen and oxygen atoms in total. The highest BCUT2D eigenvalue weighted by Crippen LogP contribution is 2.20. The van der Waals surface area contributed by atoms with E-state index in [1.807, 2.05) is 19.1 Å². The monoisotopic (exact) mass is 319 g/mol. The number of hydrogen-bond acceptors (Lipinski definition) is 3. The molecule has 0 aliphatic carbocycles. The van der Waals surface area contributed by atoms with Crippen LogP contribution in [0.1, 0.15) is 25.8 Å². The normalized spacial score (nSPS) is 11.2. The van der Waals surface area contributed by atoms with Crippen molar-refractivity contribution in [3.63, 3.8) is 0 Å². The number of sulfonamides is 1. The lowest BCUT2D eigenvalue weighted by Crippen LogP contribution is -2.12. The molecule has 0 radical (unpaired) electrons. The largest absolute Gasteiger partial charge is 0.494 e. The van der Waals surface area contributed by atoms with E-state index >= 15 is 0 Å². The van der Waals surface area contributed by atoms with E-state index in [1.165, 1.54) is 0 Å².